The van der Waals surface area contributed by atoms with Gasteiger partial charge in [-0.15, -0.1) is 4.80 Å². The Morgan fingerprint density at radius 1 is 1.28 bits per heavy atom. The van der Waals surface area contributed by atoms with Crippen molar-refractivity contribution in [3.63, 3.8) is 0 Å². The number of pyridine rings is 2. The summed E-state index contributed by atoms with van der Waals surface area (Å²) in [5, 5.41) is 11.3. The van der Waals surface area contributed by atoms with Crippen LogP contribution in [0.25, 0.3) is 5.69 Å². The Kier molecular flexibility index (Phi) is 6.50. The molecular formula is C20H21F2N7O3. The molecule has 0 aliphatic carbocycles. The molecule has 12 heteroatoms. The van der Waals surface area contributed by atoms with E-state index in [0.29, 0.717) is 36.8 Å². The van der Waals surface area contributed by atoms with Crippen molar-refractivity contribution in [2.75, 3.05) is 25.0 Å². The van der Waals surface area contributed by atoms with E-state index in [-0.39, 0.29) is 23.9 Å². The number of halogens is 2. The van der Waals surface area contributed by atoms with Crippen LogP contribution in [-0.4, -0.2) is 68.3 Å². The van der Waals surface area contributed by atoms with Gasteiger partial charge in [-0.25, -0.2) is 9.97 Å². The Bertz CT molecular complexity index is 1050. The van der Waals surface area contributed by atoms with Crippen LogP contribution in [0.1, 0.15) is 22.6 Å². The molecule has 4 heterocycles. The zero-order valence-corrected chi connectivity index (χ0v) is 17.2. The molecule has 32 heavy (non-hydrogen) atoms. The number of anilines is 1. The van der Waals surface area contributed by atoms with E-state index in [1.54, 1.807) is 24.0 Å². The van der Waals surface area contributed by atoms with Gasteiger partial charge in [0.2, 0.25) is 0 Å². The van der Waals surface area contributed by atoms with Crippen LogP contribution < -0.4 is 10.1 Å². The summed E-state index contributed by atoms with van der Waals surface area (Å²) in [5.41, 5.74) is 1.38. The predicted molar refractivity (Wildman–Crippen MR) is 109 cm³/mol. The first-order valence-corrected chi connectivity index (χ1v) is 9.93. The van der Waals surface area contributed by atoms with Crippen LogP contribution >= 0.6 is 0 Å². The van der Waals surface area contributed by atoms with E-state index in [9.17, 15) is 13.6 Å². The topological polar surface area (TPSA) is 107 Å². The molecule has 0 spiro atoms. The Morgan fingerprint density at radius 2 is 2.09 bits per heavy atom. The Balaban J connectivity index is 1.49. The summed E-state index contributed by atoms with van der Waals surface area (Å²) in [4.78, 5) is 24.8. The van der Waals surface area contributed by atoms with Gasteiger partial charge in [-0.2, -0.15) is 19.0 Å². The molecule has 0 radical (unpaired) electrons. The zero-order chi connectivity index (χ0) is 22.5. The fourth-order valence-electron chi connectivity index (χ4n) is 3.28. The molecule has 10 nitrogen and oxygen atoms in total. The molecule has 1 N–H and O–H groups in total. The molecular weight excluding hydrogens is 424 g/mol. The highest BCUT2D eigenvalue weighted by molar-refractivity contribution is 5.96. The number of nitrogens with zero attached hydrogens (tertiary/aromatic N) is 6. The molecule has 1 unspecified atom stereocenters. The number of aromatic nitrogens is 5. The molecule has 1 aliphatic heterocycles. The van der Waals surface area contributed by atoms with Gasteiger partial charge in [-0.05, 0) is 37.6 Å². The first-order chi connectivity index (χ1) is 15.5. The van der Waals surface area contributed by atoms with Crippen LogP contribution in [-0.2, 0) is 4.74 Å². The van der Waals surface area contributed by atoms with Crippen molar-refractivity contribution in [3.8, 4) is 11.4 Å². The van der Waals surface area contributed by atoms with E-state index < -0.39 is 12.8 Å². The molecule has 0 saturated carbocycles. The third kappa shape index (κ3) is 4.97. The van der Waals surface area contributed by atoms with E-state index >= 15 is 0 Å². The molecule has 4 rings (SSSR count). The van der Waals surface area contributed by atoms with Gasteiger partial charge < -0.3 is 19.7 Å². The number of carbonyl (C=O) groups is 1. The van der Waals surface area contributed by atoms with Gasteiger partial charge in [-0.1, -0.05) is 0 Å². The minimum absolute atomic E-state index is 0.0402. The molecule has 1 fully saturated rings. The van der Waals surface area contributed by atoms with Crippen LogP contribution in [0.4, 0.5) is 14.6 Å². The normalized spacial score (nSPS) is 16.2. The quantitative estimate of drug-likeness (QED) is 0.590. The van der Waals surface area contributed by atoms with E-state index in [0.717, 1.165) is 0 Å². The summed E-state index contributed by atoms with van der Waals surface area (Å²) < 4.78 is 34.7. The first-order valence-electron chi connectivity index (χ1n) is 9.93. The van der Waals surface area contributed by atoms with Gasteiger partial charge in [0.25, 0.3) is 5.91 Å². The van der Waals surface area contributed by atoms with Gasteiger partial charge >= 0.3 is 6.61 Å². The molecule has 1 aliphatic rings. The van der Waals surface area contributed by atoms with Crippen LogP contribution in [0.3, 0.4) is 0 Å². The second-order valence-corrected chi connectivity index (χ2v) is 6.95. The van der Waals surface area contributed by atoms with Gasteiger partial charge in [0, 0.05) is 12.2 Å². The maximum Gasteiger partial charge on any atom is 0.387 e. The number of nitrogens with one attached hydrogen (secondary N) is 1. The number of amides is 1. The lowest BCUT2D eigenvalue weighted by molar-refractivity contribution is -0.0693. The van der Waals surface area contributed by atoms with E-state index in [2.05, 4.69) is 30.2 Å². The smallest absolute Gasteiger partial charge is 0.387 e. The fourth-order valence-corrected chi connectivity index (χ4v) is 3.28. The van der Waals surface area contributed by atoms with Gasteiger partial charge in [0.05, 0.1) is 31.7 Å². The number of carbonyl (C=O) groups excluding carboxylic acids is 1. The SMILES string of the molecule is Cc1ccc(-n2nccn2)c(C(=O)N2CCCOC2CNc2ccc(OC(F)F)cn2)n1. The van der Waals surface area contributed by atoms with Crippen LogP contribution in [0.2, 0.25) is 0 Å². The average molecular weight is 445 g/mol. The maximum absolute atomic E-state index is 13.4. The number of hydrogen-bond acceptors (Lipinski definition) is 8. The van der Waals surface area contributed by atoms with Gasteiger partial charge in [-0.3, -0.25) is 4.79 Å². The maximum atomic E-state index is 13.4. The summed E-state index contributed by atoms with van der Waals surface area (Å²) in [6.45, 7) is 0.120. The molecule has 3 aromatic heterocycles. The predicted octanol–water partition coefficient (Wildman–Crippen LogP) is 2.27. The monoisotopic (exact) mass is 445 g/mol. The molecule has 3 aromatic rings. The molecule has 1 saturated heterocycles. The molecule has 168 valence electrons. The van der Waals surface area contributed by atoms with Crippen LogP contribution in [0.15, 0.2) is 42.9 Å². The van der Waals surface area contributed by atoms with Crippen molar-refractivity contribution < 1.29 is 23.0 Å². The molecule has 1 atom stereocenters. The summed E-state index contributed by atoms with van der Waals surface area (Å²) in [5.74, 6) is 0.0889. The highest BCUT2D eigenvalue weighted by atomic mass is 19.3. The third-order valence-electron chi connectivity index (χ3n) is 4.73. The molecule has 0 bridgehead atoms. The van der Waals surface area contributed by atoms with Crippen LogP contribution in [0.5, 0.6) is 5.75 Å². The number of alkyl halides is 2. The summed E-state index contributed by atoms with van der Waals surface area (Å²) in [7, 11) is 0. The number of hydrogen-bond donors (Lipinski definition) is 1. The second-order valence-electron chi connectivity index (χ2n) is 6.95. The Morgan fingerprint density at radius 3 is 2.81 bits per heavy atom. The van der Waals surface area contributed by atoms with Crippen molar-refractivity contribution in [1.29, 1.82) is 0 Å². The second kappa shape index (κ2) is 9.64. The number of ether oxygens (including phenoxy) is 2. The van der Waals surface area contributed by atoms with E-state index in [4.69, 9.17) is 4.74 Å². The van der Waals surface area contributed by atoms with E-state index in [1.807, 2.05) is 0 Å². The summed E-state index contributed by atoms with van der Waals surface area (Å²) >= 11 is 0. The molecule has 0 aromatic carbocycles. The highest BCUT2D eigenvalue weighted by Gasteiger charge is 2.31. The summed E-state index contributed by atoms with van der Waals surface area (Å²) in [6, 6.07) is 6.43. The lowest BCUT2D eigenvalue weighted by Crippen LogP contribution is -2.50. The highest BCUT2D eigenvalue weighted by Crippen LogP contribution is 2.20. The lowest BCUT2D eigenvalue weighted by atomic mass is 10.2. The van der Waals surface area contributed by atoms with E-state index in [1.165, 1.54) is 35.5 Å². The summed E-state index contributed by atoms with van der Waals surface area (Å²) in [6.07, 6.45) is 4.35. The zero-order valence-electron chi connectivity index (χ0n) is 17.2. The largest absolute Gasteiger partial charge is 0.433 e. The number of aryl methyl sites for hydroxylation is 1. The van der Waals surface area contributed by atoms with Crippen LogP contribution in [0, 0.1) is 6.92 Å². The standard InChI is InChI=1S/C20H21F2N7O3/c1-13-3-5-15(29-25-7-8-26-29)18(27-13)19(30)28-9-2-10-31-17(28)12-24-16-6-4-14(11-23-16)32-20(21)22/h3-8,11,17,20H,2,9-10,12H2,1H3,(H,23,24). The lowest BCUT2D eigenvalue weighted by Gasteiger charge is -2.35. The van der Waals surface area contributed by atoms with Crippen molar-refractivity contribution in [2.24, 2.45) is 0 Å². The Labute approximate surface area is 182 Å². The van der Waals surface area contributed by atoms with Gasteiger partial charge in [0.1, 0.15) is 23.5 Å². The fraction of sp³-hybridized carbons (Fsp3) is 0.350. The third-order valence-corrected chi connectivity index (χ3v) is 4.73. The molecule has 1 amide bonds. The minimum Gasteiger partial charge on any atom is -0.433 e. The number of rotatable bonds is 7. The minimum atomic E-state index is -2.91. The van der Waals surface area contributed by atoms with Crippen molar-refractivity contribution in [3.05, 3.63) is 54.2 Å². The first kappa shape index (κ1) is 21.6. The Hall–Kier alpha value is -3.67. The van der Waals surface area contributed by atoms with Crippen molar-refractivity contribution >= 4 is 11.7 Å². The van der Waals surface area contributed by atoms with Gasteiger partial charge in [0.15, 0.2) is 5.69 Å². The van der Waals surface area contributed by atoms with Crippen molar-refractivity contribution in [1.82, 2.24) is 29.9 Å². The van der Waals surface area contributed by atoms with Crippen molar-refractivity contribution in [2.45, 2.75) is 26.2 Å². The average Bonchev–Trinajstić information content (AvgIpc) is 3.33.